The van der Waals surface area contributed by atoms with Crippen molar-refractivity contribution in [3.63, 3.8) is 0 Å². The molecule has 1 aliphatic rings. The summed E-state index contributed by atoms with van der Waals surface area (Å²) in [5.74, 6) is 1.86. The first-order valence-electron chi connectivity index (χ1n) is 8.85. The number of hydrogen-bond acceptors (Lipinski definition) is 6. The Morgan fingerprint density at radius 3 is 2.52 bits per heavy atom. The van der Waals surface area contributed by atoms with Gasteiger partial charge in [-0.25, -0.2) is 0 Å². The van der Waals surface area contributed by atoms with Gasteiger partial charge in [-0.05, 0) is 18.1 Å². The number of hydrogen-bond donors (Lipinski definition) is 2. The van der Waals surface area contributed by atoms with Gasteiger partial charge < -0.3 is 19.9 Å². The number of aromatic nitrogens is 2. The summed E-state index contributed by atoms with van der Waals surface area (Å²) in [6.45, 7) is 7.46. The van der Waals surface area contributed by atoms with E-state index >= 15 is 0 Å². The Morgan fingerprint density at radius 2 is 1.85 bits per heavy atom. The van der Waals surface area contributed by atoms with Crippen molar-refractivity contribution in [3.8, 4) is 0 Å². The Kier molecular flexibility index (Phi) is 8.95. The highest BCUT2D eigenvalue weighted by Gasteiger charge is 2.13. The molecular formula is C18H27IN6O2. The van der Waals surface area contributed by atoms with E-state index in [0.29, 0.717) is 30.8 Å². The standard InChI is InChI=1S/C18H26N6O2.HI/c1-14-22-17(26-23-14)12-21-18(19-2)20-11-15-5-3-4-6-16(15)13-24-7-9-25-10-8-24;/h3-6H,7-13H2,1-2H3,(H2,19,20,21);1H. The van der Waals surface area contributed by atoms with Gasteiger partial charge >= 0.3 is 0 Å². The van der Waals surface area contributed by atoms with Crippen LogP contribution in [-0.2, 0) is 24.4 Å². The largest absolute Gasteiger partial charge is 0.379 e. The number of nitrogens with zero attached hydrogens (tertiary/aromatic N) is 4. The predicted octanol–water partition coefficient (Wildman–Crippen LogP) is 1.69. The summed E-state index contributed by atoms with van der Waals surface area (Å²) in [7, 11) is 1.74. The van der Waals surface area contributed by atoms with Crippen molar-refractivity contribution in [3.05, 3.63) is 47.1 Å². The second-order valence-electron chi connectivity index (χ2n) is 6.17. The Morgan fingerprint density at radius 1 is 1.15 bits per heavy atom. The zero-order valence-electron chi connectivity index (χ0n) is 15.8. The molecule has 1 aromatic carbocycles. The van der Waals surface area contributed by atoms with Crippen molar-refractivity contribution < 1.29 is 9.26 Å². The zero-order valence-corrected chi connectivity index (χ0v) is 18.1. The van der Waals surface area contributed by atoms with Crippen LogP contribution in [0.2, 0.25) is 0 Å². The lowest BCUT2D eigenvalue weighted by Gasteiger charge is -2.27. The van der Waals surface area contributed by atoms with Crippen LogP contribution < -0.4 is 10.6 Å². The number of nitrogens with one attached hydrogen (secondary N) is 2. The first kappa shape index (κ1) is 21.6. The molecule has 0 spiro atoms. The van der Waals surface area contributed by atoms with Gasteiger partial charge in [0.1, 0.15) is 0 Å². The number of rotatable bonds is 6. The summed E-state index contributed by atoms with van der Waals surface area (Å²) in [5.41, 5.74) is 2.58. The fourth-order valence-electron chi connectivity index (χ4n) is 2.86. The predicted molar refractivity (Wildman–Crippen MR) is 114 cm³/mol. The Labute approximate surface area is 176 Å². The van der Waals surface area contributed by atoms with Gasteiger partial charge in [0.15, 0.2) is 11.8 Å². The van der Waals surface area contributed by atoms with Crippen LogP contribution in [0.25, 0.3) is 0 Å². The average Bonchev–Trinajstić information content (AvgIpc) is 3.09. The first-order chi connectivity index (χ1) is 12.7. The van der Waals surface area contributed by atoms with E-state index in [-0.39, 0.29) is 24.0 Å². The molecule has 0 amide bonds. The van der Waals surface area contributed by atoms with E-state index in [1.54, 1.807) is 14.0 Å². The minimum Gasteiger partial charge on any atom is -0.379 e. The maximum atomic E-state index is 5.43. The van der Waals surface area contributed by atoms with Gasteiger partial charge in [0.2, 0.25) is 5.89 Å². The molecule has 1 saturated heterocycles. The maximum Gasteiger partial charge on any atom is 0.246 e. The number of benzene rings is 1. The summed E-state index contributed by atoms with van der Waals surface area (Å²) < 4.78 is 10.5. The smallest absolute Gasteiger partial charge is 0.246 e. The Hall–Kier alpha value is -1.72. The molecule has 1 aromatic heterocycles. The van der Waals surface area contributed by atoms with Crippen molar-refractivity contribution >= 4 is 29.9 Å². The van der Waals surface area contributed by atoms with Crippen molar-refractivity contribution in [1.29, 1.82) is 0 Å². The lowest BCUT2D eigenvalue weighted by molar-refractivity contribution is 0.0341. The van der Waals surface area contributed by atoms with Crippen LogP contribution >= 0.6 is 24.0 Å². The molecule has 2 N–H and O–H groups in total. The quantitative estimate of drug-likeness (QED) is 0.365. The summed E-state index contributed by atoms with van der Waals surface area (Å²) in [6.07, 6.45) is 0. The van der Waals surface area contributed by atoms with E-state index < -0.39 is 0 Å². The third-order valence-electron chi connectivity index (χ3n) is 4.26. The van der Waals surface area contributed by atoms with Gasteiger partial charge in [-0.15, -0.1) is 24.0 Å². The summed E-state index contributed by atoms with van der Waals surface area (Å²) >= 11 is 0. The monoisotopic (exact) mass is 486 g/mol. The molecule has 9 heteroatoms. The number of aryl methyl sites for hydroxylation is 1. The van der Waals surface area contributed by atoms with Crippen LogP contribution in [0.15, 0.2) is 33.8 Å². The lowest BCUT2D eigenvalue weighted by atomic mass is 10.1. The van der Waals surface area contributed by atoms with Crippen molar-refractivity contribution in [2.45, 2.75) is 26.6 Å². The van der Waals surface area contributed by atoms with E-state index in [4.69, 9.17) is 9.26 Å². The third kappa shape index (κ3) is 6.74. The zero-order chi connectivity index (χ0) is 18.2. The van der Waals surface area contributed by atoms with Crippen LogP contribution in [0.1, 0.15) is 22.8 Å². The van der Waals surface area contributed by atoms with Crippen molar-refractivity contribution in [1.82, 2.24) is 25.7 Å². The molecule has 148 valence electrons. The van der Waals surface area contributed by atoms with Crippen molar-refractivity contribution in [2.75, 3.05) is 33.4 Å². The van der Waals surface area contributed by atoms with E-state index in [0.717, 1.165) is 32.8 Å². The van der Waals surface area contributed by atoms with Crippen LogP contribution in [-0.4, -0.2) is 54.4 Å². The highest BCUT2D eigenvalue weighted by atomic mass is 127. The van der Waals surface area contributed by atoms with E-state index in [9.17, 15) is 0 Å². The van der Waals surface area contributed by atoms with Crippen molar-refractivity contribution in [2.24, 2.45) is 4.99 Å². The second-order valence-corrected chi connectivity index (χ2v) is 6.17. The molecule has 0 atom stereocenters. The minimum atomic E-state index is 0. The van der Waals surface area contributed by atoms with Gasteiger partial charge in [0.05, 0.1) is 19.8 Å². The van der Waals surface area contributed by atoms with Crippen LogP contribution in [0.5, 0.6) is 0 Å². The molecule has 27 heavy (non-hydrogen) atoms. The molecule has 1 fully saturated rings. The summed E-state index contributed by atoms with van der Waals surface area (Å²) in [6, 6.07) is 8.49. The van der Waals surface area contributed by atoms with Crippen LogP contribution in [0.4, 0.5) is 0 Å². The molecule has 0 radical (unpaired) electrons. The van der Waals surface area contributed by atoms with Gasteiger partial charge in [0, 0.05) is 33.2 Å². The molecule has 3 rings (SSSR count). The normalized spacial score (nSPS) is 15.3. The molecule has 2 heterocycles. The minimum absolute atomic E-state index is 0. The third-order valence-corrected chi connectivity index (χ3v) is 4.26. The van der Waals surface area contributed by atoms with Crippen LogP contribution in [0, 0.1) is 6.92 Å². The molecule has 8 nitrogen and oxygen atoms in total. The molecule has 0 saturated carbocycles. The molecular weight excluding hydrogens is 459 g/mol. The van der Waals surface area contributed by atoms with Gasteiger partial charge in [0.25, 0.3) is 0 Å². The molecule has 1 aliphatic heterocycles. The average molecular weight is 486 g/mol. The van der Waals surface area contributed by atoms with Gasteiger partial charge in [-0.1, -0.05) is 29.4 Å². The Balaban J connectivity index is 0.00000261. The number of halogens is 1. The van der Waals surface area contributed by atoms with Gasteiger partial charge in [-0.2, -0.15) is 4.98 Å². The fourth-order valence-corrected chi connectivity index (χ4v) is 2.86. The molecule has 2 aromatic rings. The van der Waals surface area contributed by atoms with E-state index in [1.807, 2.05) is 0 Å². The fraction of sp³-hybridized carbons (Fsp3) is 0.500. The summed E-state index contributed by atoms with van der Waals surface area (Å²) in [5, 5.41) is 10.3. The topological polar surface area (TPSA) is 87.8 Å². The second kappa shape index (κ2) is 11.2. The first-order valence-corrected chi connectivity index (χ1v) is 8.85. The molecule has 0 aliphatic carbocycles. The van der Waals surface area contributed by atoms with E-state index in [1.165, 1.54) is 11.1 Å². The molecule has 0 bridgehead atoms. The Bertz CT molecular complexity index is 730. The van der Waals surface area contributed by atoms with E-state index in [2.05, 4.69) is 54.9 Å². The van der Waals surface area contributed by atoms with Gasteiger partial charge in [-0.3, -0.25) is 9.89 Å². The molecule has 0 unspecified atom stereocenters. The highest BCUT2D eigenvalue weighted by Crippen LogP contribution is 2.13. The lowest BCUT2D eigenvalue weighted by Crippen LogP contribution is -2.37. The highest BCUT2D eigenvalue weighted by molar-refractivity contribution is 14.0. The number of aliphatic imine (C=N–C) groups is 1. The summed E-state index contributed by atoms with van der Waals surface area (Å²) in [4.78, 5) is 10.8. The number of morpholine rings is 1. The number of ether oxygens (including phenoxy) is 1. The van der Waals surface area contributed by atoms with Crippen LogP contribution in [0.3, 0.4) is 0 Å². The maximum absolute atomic E-state index is 5.43. The SMILES string of the molecule is CN=C(NCc1nc(C)no1)NCc1ccccc1CN1CCOCC1.I. The number of guanidine groups is 1.